The second-order valence-electron chi connectivity index (χ2n) is 4.76. The van der Waals surface area contributed by atoms with Gasteiger partial charge in [0, 0.05) is 37.6 Å². The number of hydrogen-bond donors (Lipinski definition) is 2. The summed E-state index contributed by atoms with van der Waals surface area (Å²) < 4.78 is 0. The Bertz CT molecular complexity index is 552. The summed E-state index contributed by atoms with van der Waals surface area (Å²) >= 11 is 0. The summed E-state index contributed by atoms with van der Waals surface area (Å²) in [5.74, 6) is -0.0535. The number of amides is 1. The predicted octanol–water partition coefficient (Wildman–Crippen LogP) is 2.89. The van der Waals surface area contributed by atoms with E-state index in [4.69, 9.17) is 0 Å². The lowest BCUT2D eigenvalue weighted by molar-refractivity contribution is -0.114. The number of pyridine rings is 1. The minimum atomic E-state index is -0.0535. The van der Waals surface area contributed by atoms with Gasteiger partial charge in [0.15, 0.2) is 0 Å². The monoisotopic (exact) mass is 269 g/mol. The Balaban J connectivity index is 1.89. The fraction of sp³-hybridized carbons (Fsp3) is 0.250. The highest BCUT2D eigenvalue weighted by Crippen LogP contribution is 2.13. The quantitative estimate of drug-likeness (QED) is 0.877. The second kappa shape index (κ2) is 6.82. The fourth-order valence-electron chi connectivity index (χ4n) is 1.95. The Morgan fingerprint density at radius 1 is 1.15 bits per heavy atom. The molecule has 1 heterocycles. The zero-order valence-corrected chi connectivity index (χ0v) is 11.8. The van der Waals surface area contributed by atoms with Crippen molar-refractivity contribution in [3.05, 3.63) is 59.9 Å². The van der Waals surface area contributed by atoms with E-state index in [9.17, 15) is 4.79 Å². The first-order chi connectivity index (χ1) is 9.65. The summed E-state index contributed by atoms with van der Waals surface area (Å²) in [4.78, 5) is 15.0. The Kier molecular flexibility index (Phi) is 4.85. The molecule has 0 aliphatic rings. The highest BCUT2D eigenvalue weighted by atomic mass is 16.1. The third-order valence-electron chi connectivity index (χ3n) is 3.09. The number of benzene rings is 1. The van der Waals surface area contributed by atoms with Gasteiger partial charge in [-0.1, -0.05) is 12.1 Å². The normalized spacial score (nSPS) is 11.9. The molecular formula is C16H19N3O. The molecule has 4 nitrogen and oxygen atoms in total. The molecule has 2 aromatic rings. The summed E-state index contributed by atoms with van der Waals surface area (Å²) in [6.07, 6.45) is 3.60. The number of anilines is 1. The summed E-state index contributed by atoms with van der Waals surface area (Å²) in [5.41, 5.74) is 3.22. The Morgan fingerprint density at radius 2 is 1.80 bits per heavy atom. The van der Waals surface area contributed by atoms with Crippen LogP contribution in [0, 0.1) is 0 Å². The van der Waals surface area contributed by atoms with E-state index < -0.39 is 0 Å². The van der Waals surface area contributed by atoms with Gasteiger partial charge >= 0.3 is 0 Å². The number of carbonyl (C=O) groups excluding carboxylic acids is 1. The zero-order chi connectivity index (χ0) is 14.4. The van der Waals surface area contributed by atoms with Crippen LogP contribution < -0.4 is 10.6 Å². The van der Waals surface area contributed by atoms with Crippen LogP contribution in [-0.2, 0) is 11.3 Å². The maximum atomic E-state index is 10.9. The molecule has 1 aromatic carbocycles. The summed E-state index contributed by atoms with van der Waals surface area (Å²) in [6.45, 7) is 4.41. The van der Waals surface area contributed by atoms with Crippen molar-refractivity contribution in [1.29, 1.82) is 0 Å². The standard InChI is InChI=1S/C16H19N3O/c1-12(15-7-9-17-10-8-15)18-11-14-3-5-16(6-4-14)19-13(2)20/h3-10,12,18H,11H2,1-2H3,(H,19,20). The number of carbonyl (C=O) groups is 1. The van der Waals surface area contributed by atoms with E-state index in [1.165, 1.54) is 18.1 Å². The lowest BCUT2D eigenvalue weighted by Crippen LogP contribution is -2.18. The van der Waals surface area contributed by atoms with Crippen LogP contribution in [0.15, 0.2) is 48.8 Å². The van der Waals surface area contributed by atoms with E-state index in [1.54, 1.807) is 12.4 Å². The Hall–Kier alpha value is -2.20. The van der Waals surface area contributed by atoms with E-state index in [2.05, 4.69) is 22.5 Å². The summed E-state index contributed by atoms with van der Waals surface area (Å²) in [6, 6.07) is 12.1. The third-order valence-corrected chi connectivity index (χ3v) is 3.09. The minimum Gasteiger partial charge on any atom is -0.326 e. The van der Waals surface area contributed by atoms with Crippen molar-refractivity contribution in [3.8, 4) is 0 Å². The minimum absolute atomic E-state index is 0.0535. The van der Waals surface area contributed by atoms with Gasteiger partial charge in [0.1, 0.15) is 0 Å². The first-order valence-electron chi connectivity index (χ1n) is 6.65. The lowest BCUT2D eigenvalue weighted by Gasteiger charge is -2.14. The van der Waals surface area contributed by atoms with Gasteiger partial charge in [0.25, 0.3) is 0 Å². The molecule has 0 fully saturated rings. The molecule has 1 unspecified atom stereocenters. The first-order valence-corrected chi connectivity index (χ1v) is 6.65. The maximum Gasteiger partial charge on any atom is 0.221 e. The second-order valence-corrected chi connectivity index (χ2v) is 4.76. The van der Waals surface area contributed by atoms with Crippen molar-refractivity contribution in [1.82, 2.24) is 10.3 Å². The van der Waals surface area contributed by atoms with Crippen LogP contribution in [-0.4, -0.2) is 10.9 Å². The van der Waals surface area contributed by atoms with Gasteiger partial charge in [-0.05, 0) is 42.3 Å². The number of nitrogens with zero attached hydrogens (tertiary/aromatic N) is 1. The van der Waals surface area contributed by atoms with Crippen molar-refractivity contribution in [2.75, 3.05) is 5.32 Å². The first kappa shape index (κ1) is 14.2. The molecule has 0 saturated heterocycles. The molecular weight excluding hydrogens is 250 g/mol. The average molecular weight is 269 g/mol. The van der Waals surface area contributed by atoms with Crippen LogP contribution in [0.3, 0.4) is 0 Å². The lowest BCUT2D eigenvalue weighted by atomic mass is 10.1. The van der Waals surface area contributed by atoms with Crippen LogP contribution in [0.2, 0.25) is 0 Å². The van der Waals surface area contributed by atoms with Crippen LogP contribution in [0.4, 0.5) is 5.69 Å². The third kappa shape index (κ3) is 4.17. The van der Waals surface area contributed by atoms with E-state index in [0.717, 1.165) is 12.2 Å². The number of rotatable bonds is 5. The predicted molar refractivity (Wildman–Crippen MR) is 80.2 cm³/mol. The van der Waals surface area contributed by atoms with Crippen molar-refractivity contribution >= 4 is 11.6 Å². The SMILES string of the molecule is CC(=O)Nc1ccc(CNC(C)c2ccncc2)cc1. The maximum absolute atomic E-state index is 10.9. The van der Waals surface area contributed by atoms with Gasteiger partial charge in [-0.2, -0.15) is 0 Å². The molecule has 1 aromatic heterocycles. The van der Waals surface area contributed by atoms with Gasteiger partial charge in [0.05, 0.1) is 0 Å². The van der Waals surface area contributed by atoms with Crippen LogP contribution in [0.1, 0.15) is 31.0 Å². The van der Waals surface area contributed by atoms with Gasteiger partial charge in [0.2, 0.25) is 5.91 Å². The Labute approximate surface area is 119 Å². The van der Waals surface area contributed by atoms with Crippen LogP contribution >= 0.6 is 0 Å². The molecule has 1 atom stereocenters. The molecule has 2 rings (SSSR count). The van der Waals surface area contributed by atoms with Gasteiger partial charge in [-0.15, -0.1) is 0 Å². The highest BCUT2D eigenvalue weighted by Gasteiger charge is 2.04. The van der Waals surface area contributed by atoms with Crippen molar-refractivity contribution in [3.63, 3.8) is 0 Å². The molecule has 20 heavy (non-hydrogen) atoms. The molecule has 0 aliphatic heterocycles. The molecule has 2 N–H and O–H groups in total. The molecule has 0 saturated carbocycles. The molecule has 0 radical (unpaired) electrons. The number of hydrogen-bond acceptors (Lipinski definition) is 3. The molecule has 4 heteroatoms. The number of aromatic nitrogens is 1. The van der Waals surface area contributed by atoms with Gasteiger partial charge < -0.3 is 10.6 Å². The van der Waals surface area contributed by atoms with Crippen molar-refractivity contribution in [2.45, 2.75) is 26.4 Å². The molecule has 0 spiro atoms. The number of nitrogens with one attached hydrogen (secondary N) is 2. The fourth-order valence-corrected chi connectivity index (χ4v) is 1.95. The molecule has 104 valence electrons. The topological polar surface area (TPSA) is 54.0 Å². The summed E-state index contributed by atoms with van der Waals surface area (Å²) in [7, 11) is 0. The average Bonchev–Trinajstić information content (AvgIpc) is 2.46. The van der Waals surface area contributed by atoms with E-state index in [-0.39, 0.29) is 11.9 Å². The van der Waals surface area contributed by atoms with E-state index in [0.29, 0.717) is 0 Å². The van der Waals surface area contributed by atoms with Gasteiger partial charge in [-0.3, -0.25) is 9.78 Å². The summed E-state index contributed by atoms with van der Waals surface area (Å²) in [5, 5.41) is 6.22. The van der Waals surface area contributed by atoms with E-state index >= 15 is 0 Å². The Morgan fingerprint density at radius 3 is 2.40 bits per heavy atom. The smallest absolute Gasteiger partial charge is 0.221 e. The van der Waals surface area contributed by atoms with Crippen molar-refractivity contribution < 1.29 is 4.79 Å². The zero-order valence-electron chi connectivity index (χ0n) is 11.8. The largest absolute Gasteiger partial charge is 0.326 e. The van der Waals surface area contributed by atoms with Crippen LogP contribution in [0.25, 0.3) is 0 Å². The highest BCUT2D eigenvalue weighted by molar-refractivity contribution is 5.88. The van der Waals surface area contributed by atoms with E-state index in [1.807, 2.05) is 36.4 Å². The van der Waals surface area contributed by atoms with Gasteiger partial charge in [-0.25, -0.2) is 0 Å². The van der Waals surface area contributed by atoms with Crippen LogP contribution in [0.5, 0.6) is 0 Å². The van der Waals surface area contributed by atoms with Crippen molar-refractivity contribution in [2.24, 2.45) is 0 Å². The molecule has 0 aliphatic carbocycles. The molecule has 1 amide bonds. The molecule has 0 bridgehead atoms.